The molecule has 0 aromatic heterocycles. The van der Waals surface area contributed by atoms with Crippen molar-refractivity contribution in [2.75, 3.05) is 13.6 Å². The molecule has 1 spiro atoms. The Hall–Kier alpha value is -1.83. The summed E-state index contributed by atoms with van der Waals surface area (Å²) in [7, 11) is 1.83. The summed E-state index contributed by atoms with van der Waals surface area (Å²) in [6.45, 7) is 0.594. The molecule has 1 aromatic carbocycles. The van der Waals surface area contributed by atoms with E-state index in [9.17, 15) is 14.4 Å². The molecule has 1 saturated heterocycles. The molecule has 3 N–H and O–H groups in total. The van der Waals surface area contributed by atoms with Crippen LogP contribution in [0.3, 0.4) is 0 Å². The topological polar surface area (TPSA) is 82.9 Å². The average molecular weight is 414 g/mol. The predicted octanol–water partition coefficient (Wildman–Crippen LogP) is 1.29. The Morgan fingerprint density at radius 1 is 1.26 bits per heavy atom. The van der Waals surface area contributed by atoms with Gasteiger partial charge in [0.25, 0.3) is 11.8 Å². The molecular formula is C18H23Cl2N4O3+. The maximum absolute atomic E-state index is 12.7. The van der Waals surface area contributed by atoms with Gasteiger partial charge in [0.2, 0.25) is 0 Å². The lowest BCUT2D eigenvalue weighted by atomic mass is 9.82. The van der Waals surface area contributed by atoms with Crippen LogP contribution in [0.25, 0.3) is 0 Å². The van der Waals surface area contributed by atoms with Crippen LogP contribution in [0, 0.1) is 0 Å². The summed E-state index contributed by atoms with van der Waals surface area (Å²) in [5.41, 5.74) is 2.46. The van der Waals surface area contributed by atoms with Crippen LogP contribution >= 0.6 is 23.2 Å². The molecule has 1 aromatic rings. The summed E-state index contributed by atoms with van der Waals surface area (Å²) < 4.78 is 0. The number of hydrazine groups is 1. The van der Waals surface area contributed by atoms with Crippen molar-refractivity contribution >= 4 is 41.0 Å². The molecule has 0 radical (unpaired) electrons. The summed E-state index contributed by atoms with van der Waals surface area (Å²) in [5.74, 6) is -0.770. The minimum Gasteiger partial charge on any atom is -0.326 e. The van der Waals surface area contributed by atoms with E-state index in [1.165, 1.54) is 0 Å². The van der Waals surface area contributed by atoms with Crippen molar-refractivity contribution in [2.45, 2.75) is 44.2 Å². The normalized spacial score (nSPS) is 19.9. The van der Waals surface area contributed by atoms with Crippen LogP contribution in [-0.4, -0.2) is 42.0 Å². The minimum absolute atomic E-state index is 0.0863. The van der Waals surface area contributed by atoms with Crippen LogP contribution in [0.2, 0.25) is 10.0 Å². The van der Waals surface area contributed by atoms with Crippen LogP contribution in [0.4, 0.5) is 4.79 Å². The third-order valence-corrected chi connectivity index (χ3v) is 5.66. The van der Waals surface area contributed by atoms with Crippen LogP contribution in [0.5, 0.6) is 0 Å². The zero-order valence-electron chi connectivity index (χ0n) is 15.1. The Morgan fingerprint density at radius 3 is 2.63 bits per heavy atom. The molecule has 146 valence electrons. The second kappa shape index (κ2) is 8.04. The Morgan fingerprint density at radius 2 is 1.96 bits per heavy atom. The Labute approximate surface area is 167 Å². The van der Waals surface area contributed by atoms with E-state index >= 15 is 0 Å². The van der Waals surface area contributed by atoms with E-state index in [1.54, 1.807) is 12.1 Å². The van der Waals surface area contributed by atoms with Crippen molar-refractivity contribution in [3.8, 4) is 0 Å². The number of benzene rings is 1. The molecule has 1 aliphatic carbocycles. The van der Waals surface area contributed by atoms with Gasteiger partial charge in [0.1, 0.15) is 12.1 Å². The number of halogens is 2. The standard InChI is InChI=1S/C18H22Cl2N4O3/c1-23(10-12-5-6-13(19)9-14(12)20)11-15(25)22-24-16(26)18(21-17(24)27)7-3-2-4-8-18/h5-6,9H,2-4,7-8,10-11H2,1H3,(H,21,27)(H,22,25)/p+1. The van der Waals surface area contributed by atoms with Gasteiger partial charge in [-0.05, 0) is 25.0 Å². The number of quaternary nitrogens is 1. The number of hydrogen-bond donors (Lipinski definition) is 3. The van der Waals surface area contributed by atoms with Crippen molar-refractivity contribution in [3.63, 3.8) is 0 Å². The SMILES string of the molecule is C[NH+](CC(=O)NN1C(=O)NC2(CCCCC2)C1=O)Cc1ccc(Cl)cc1Cl. The molecule has 3 rings (SSSR count). The first-order valence-electron chi connectivity index (χ1n) is 9.02. The van der Waals surface area contributed by atoms with E-state index in [0.29, 0.717) is 29.4 Å². The summed E-state index contributed by atoms with van der Waals surface area (Å²) in [6.07, 6.45) is 4.07. The van der Waals surface area contributed by atoms with Gasteiger partial charge in [0.05, 0.1) is 12.1 Å². The van der Waals surface area contributed by atoms with E-state index in [0.717, 1.165) is 34.7 Å². The van der Waals surface area contributed by atoms with Gasteiger partial charge < -0.3 is 10.2 Å². The van der Waals surface area contributed by atoms with Gasteiger partial charge in [-0.1, -0.05) is 48.5 Å². The summed E-state index contributed by atoms with van der Waals surface area (Å²) in [6, 6.07) is 4.65. The third-order valence-electron chi connectivity index (χ3n) is 5.08. The second-order valence-electron chi connectivity index (χ2n) is 7.29. The lowest BCUT2D eigenvalue weighted by Crippen LogP contribution is -3.09. The summed E-state index contributed by atoms with van der Waals surface area (Å²) in [4.78, 5) is 38.1. The number of nitrogens with one attached hydrogen (secondary N) is 3. The Bertz CT molecular complexity index is 765. The van der Waals surface area contributed by atoms with Crippen LogP contribution in [0.1, 0.15) is 37.7 Å². The molecule has 1 heterocycles. The largest absolute Gasteiger partial charge is 0.344 e. The first-order valence-corrected chi connectivity index (χ1v) is 9.78. The van der Waals surface area contributed by atoms with E-state index in [4.69, 9.17) is 23.2 Å². The number of imide groups is 1. The number of rotatable bonds is 5. The summed E-state index contributed by atoms with van der Waals surface area (Å²) in [5, 5.41) is 4.68. The van der Waals surface area contributed by atoms with Gasteiger partial charge in [-0.2, -0.15) is 5.01 Å². The number of amides is 4. The molecule has 4 amide bonds. The quantitative estimate of drug-likeness (QED) is 0.636. The number of carbonyl (C=O) groups is 3. The fourth-order valence-corrected chi connectivity index (χ4v) is 4.18. The minimum atomic E-state index is -0.849. The van der Waals surface area contributed by atoms with E-state index in [1.807, 2.05) is 13.1 Å². The molecule has 2 fully saturated rings. The smallest absolute Gasteiger partial charge is 0.326 e. The average Bonchev–Trinajstić information content (AvgIpc) is 2.82. The van der Waals surface area contributed by atoms with Crippen molar-refractivity contribution in [2.24, 2.45) is 0 Å². The van der Waals surface area contributed by atoms with E-state index in [-0.39, 0.29) is 12.5 Å². The first kappa shape index (κ1) is 19.9. The maximum atomic E-state index is 12.7. The molecule has 1 saturated carbocycles. The Balaban J connectivity index is 1.57. The lowest BCUT2D eigenvalue weighted by Gasteiger charge is -2.30. The molecule has 1 aliphatic heterocycles. The van der Waals surface area contributed by atoms with Gasteiger partial charge in [-0.25, -0.2) is 4.79 Å². The monoisotopic (exact) mass is 413 g/mol. The second-order valence-corrected chi connectivity index (χ2v) is 8.14. The van der Waals surface area contributed by atoms with Crippen molar-refractivity contribution in [1.29, 1.82) is 0 Å². The number of urea groups is 1. The molecule has 0 bridgehead atoms. The van der Waals surface area contributed by atoms with Crippen molar-refractivity contribution < 1.29 is 19.3 Å². The van der Waals surface area contributed by atoms with Crippen LogP contribution in [-0.2, 0) is 16.1 Å². The molecule has 7 nitrogen and oxygen atoms in total. The fraction of sp³-hybridized carbons (Fsp3) is 0.500. The molecule has 27 heavy (non-hydrogen) atoms. The van der Waals surface area contributed by atoms with Crippen molar-refractivity contribution in [1.82, 2.24) is 15.8 Å². The van der Waals surface area contributed by atoms with Gasteiger partial charge in [-0.15, -0.1) is 0 Å². The lowest BCUT2D eigenvalue weighted by molar-refractivity contribution is -0.885. The number of hydrogen-bond acceptors (Lipinski definition) is 3. The van der Waals surface area contributed by atoms with Gasteiger partial charge in [0.15, 0.2) is 6.54 Å². The maximum Gasteiger partial charge on any atom is 0.344 e. The number of carbonyl (C=O) groups excluding carboxylic acids is 3. The van der Waals surface area contributed by atoms with Crippen molar-refractivity contribution in [3.05, 3.63) is 33.8 Å². The van der Waals surface area contributed by atoms with Gasteiger partial charge >= 0.3 is 6.03 Å². The predicted molar refractivity (Wildman–Crippen MR) is 101 cm³/mol. The summed E-state index contributed by atoms with van der Waals surface area (Å²) >= 11 is 12.1. The number of likely N-dealkylation sites (N-methyl/N-ethyl adjacent to an activating group) is 1. The first-order chi connectivity index (χ1) is 12.8. The molecule has 1 atom stereocenters. The highest BCUT2D eigenvalue weighted by Crippen LogP contribution is 2.32. The molecular weight excluding hydrogens is 391 g/mol. The Kier molecular flexibility index (Phi) is 5.93. The van der Waals surface area contributed by atoms with Crippen LogP contribution in [0.15, 0.2) is 18.2 Å². The highest BCUT2D eigenvalue weighted by Gasteiger charge is 2.52. The van der Waals surface area contributed by atoms with Gasteiger partial charge in [0, 0.05) is 10.6 Å². The zero-order chi connectivity index (χ0) is 19.6. The zero-order valence-corrected chi connectivity index (χ0v) is 16.6. The van der Waals surface area contributed by atoms with E-state index < -0.39 is 17.5 Å². The highest BCUT2D eigenvalue weighted by molar-refractivity contribution is 6.35. The molecule has 1 unspecified atom stereocenters. The molecule has 9 heteroatoms. The number of nitrogens with zero attached hydrogens (tertiary/aromatic N) is 1. The highest BCUT2D eigenvalue weighted by atomic mass is 35.5. The van der Waals surface area contributed by atoms with Gasteiger partial charge in [-0.3, -0.25) is 15.0 Å². The fourth-order valence-electron chi connectivity index (χ4n) is 3.71. The third kappa shape index (κ3) is 4.36. The van der Waals surface area contributed by atoms with E-state index in [2.05, 4.69) is 10.7 Å². The van der Waals surface area contributed by atoms with Crippen LogP contribution < -0.4 is 15.6 Å². The molecule has 2 aliphatic rings.